The molecule has 0 radical (unpaired) electrons. The first-order valence-electron chi connectivity index (χ1n) is 7.42. The molecule has 0 saturated carbocycles. The highest BCUT2D eigenvalue weighted by Gasteiger charge is 2.29. The smallest absolute Gasteiger partial charge is 0.266 e. The minimum Gasteiger partial charge on any atom is -0.347 e. The van der Waals surface area contributed by atoms with Gasteiger partial charge in [0.05, 0.1) is 12.2 Å². The second kappa shape index (κ2) is 5.92. The van der Waals surface area contributed by atoms with Gasteiger partial charge in [0.2, 0.25) is 0 Å². The highest BCUT2D eigenvalue weighted by atomic mass is 32.1. The number of nitrogens with zero attached hydrogens (tertiary/aromatic N) is 5. The summed E-state index contributed by atoms with van der Waals surface area (Å²) >= 11 is 1.64. The van der Waals surface area contributed by atoms with Crippen molar-refractivity contribution >= 4 is 16.5 Å². The van der Waals surface area contributed by atoms with E-state index in [-0.39, 0.29) is 5.56 Å². The maximum absolute atomic E-state index is 12.1. The van der Waals surface area contributed by atoms with E-state index in [1.165, 1.54) is 0 Å². The molecule has 6 nitrogen and oxygen atoms in total. The average molecular weight is 325 g/mol. The van der Waals surface area contributed by atoms with Crippen molar-refractivity contribution in [2.45, 2.75) is 6.54 Å². The van der Waals surface area contributed by atoms with Gasteiger partial charge in [0.25, 0.3) is 5.56 Å². The van der Waals surface area contributed by atoms with Gasteiger partial charge in [-0.1, -0.05) is 0 Å². The molecule has 0 N–H and O–H groups in total. The summed E-state index contributed by atoms with van der Waals surface area (Å²) < 4.78 is 1.57. The standard InChI is InChI=1S/C16H15N5OS/c22-15-2-1-14(13-3-5-17-6-4-13)19-21(15)11-12-9-20(10-12)16-18-7-8-23-16/h1-8,12H,9-11H2. The van der Waals surface area contributed by atoms with Gasteiger partial charge in [0.1, 0.15) is 0 Å². The number of hydrogen-bond acceptors (Lipinski definition) is 6. The van der Waals surface area contributed by atoms with Crippen LogP contribution in [0.4, 0.5) is 5.13 Å². The van der Waals surface area contributed by atoms with Gasteiger partial charge in [-0.3, -0.25) is 9.78 Å². The SMILES string of the molecule is O=c1ccc(-c2ccncc2)nn1CC1CN(c2nccs2)C1. The number of hydrogen-bond donors (Lipinski definition) is 0. The van der Waals surface area contributed by atoms with E-state index in [2.05, 4.69) is 20.0 Å². The molecule has 3 aromatic heterocycles. The van der Waals surface area contributed by atoms with Gasteiger partial charge in [-0.2, -0.15) is 5.10 Å². The Morgan fingerprint density at radius 1 is 1.13 bits per heavy atom. The third kappa shape index (κ3) is 2.87. The molecule has 1 saturated heterocycles. The van der Waals surface area contributed by atoms with E-state index in [0.717, 1.165) is 29.5 Å². The maximum Gasteiger partial charge on any atom is 0.266 e. The van der Waals surface area contributed by atoms with Crippen LogP contribution >= 0.6 is 11.3 Å². The molecule has 0 spiro atoms. The normalized spacial score (nSPS) is 14.7. The van der Waals surface area contributed by atoms with E-state index in [9.17, 15) is 4.79 Å². The molecule has 116 valence electrons. The molecule has 4 rings (SSSR count). The van der Waals surface area contributed by atoms with Crippen LogP contribution in [0, 0.1) is 5.92 Å². The summed E-state index contributed by atoms with van der Waals surface area (Å²) in [5.74, 6) is 0.428. The topological polar surface area (TPSA) is 63.9 Å². The van der Waals surface area contributed by atoms with Gasteiger partial charge in [-0.05, 0) is 18.2 Å². The van der Waals surface area contributed by atoms with Crippen LogP contribution in [-0.4, -0.2) is 32.8 Å². The van der Waals surface area contributed by atoms with E-state index in [1.807, 2.05) is 23.7 Å². The molecule has 0 aromatic carbocycles. The average Bonchev–Trinajstić information content (AvgIpc) is 3.07. The number of rotatable bonds is 4. The van der Waals surface area contributed by atoms with Gasteiger partial charge >= 0.3 is 0 Å². The van der Waals surface area contributed by atoms with Gasteiger partial charge in [-0.25, -0.2) is 9.67 Å². The molecule has 0 amide bonds. The fourth-order valence-corrected chi connectivity index (χ4v) is 3.38. The Bertz CT molecular complexity index is 840. The fourth-order valence-electron chi connectivity index (χ4n) is 2.71. The predicted octanol–water partition coefficient (Wildman–Crippen LogP) is 1.90. The molecule has 1 aliphatic rings. The summed E-state index contributed by atoms with van der Waals surface area (Å²) in [4.78, 5) is 22.6. The summed E-state index contributed by atoms with van der Waals surface area (Å²) in [6, 6.07) is 7.13. The summed E-state index contributed by atoms with van der Waals surface area (Å²) in [5.41, 5.74) is 1.70. The van der Waals surface area contributed by atoms with E-state index < -0.39 is 0 Å². The van der Waals surface area contributed by atoms with Crippen molar-refractivity contribution in [1.29, 1.82) is 0 Å². The molecule has 0 bridgehead atoms. The lowest BCUT2D eigenvalue weighted by Gasteiger charge is -2.39. The van der Waals surface area contributed by atoms with Gasteiger partial charge in [0.15, 0.2) is 5.13 Å². The highest BCUT2D eigenvalue weighted by molar-refractivity contribution is 7.13. The molecule has 0 aliphatic carbocycles. The van der Waals surface area contributed by atoms with E-state index in [0.29, 0.717) is 12.5 Å². The van der Waals surface area contributed by atoms with Crippen LogP contribution in [0.25, 0.3) is 11.3 Å². The number of anilines is 1. The van der Waals surface area contributed by atoms with E-state index in [4.69, 9.17) is 0 Å². The molecular weight excluding hydrogens is 310 g/mol. The Morgan fingerprint density at radius 2 is 1.96 bits per heavy atom. The summed E-state index contributed by atoms with van der Waals surface area (Å²) in [5, 5.41) is 7.52. The molecule has 1 fully saturated rings. The molecule has 3 aromatic rings. The van der Waals surface area contributed by atoms with Crippen LogP contribution in [0.3, 0.4) is 0 Å². The van der Waals surface area contributed by atoms with Crippen molar-refractivity contribution < 1.29 is 0 Å². The Balaban J connectivity index is 1.48. The molecule has 7 heteroatoms. The van der Waals surface area contributed by atoms with Crippen LogP contribution in [0.1, 0.15) is 0 Å². The second-order valence-corrected chi connectivity index (χ2v) is 6.43. The maximum atomic E-state index is 12.1. The predicted molar refractivity (Wildman–Crippen MR) is 89.5 cm³/mol. The zero-order valence-electron chi connectivity index (χ0n) is 12.4. The molecule has 23 heavy (non-hydrogen) atoms. The van der Waals surface area contributed by atoms with Crippen LogP contribution in [0.2, 0.25) is 0 Å². The number of thiazole rings is 1. The lowest BCUT2D eigenvalue weighted by atomic mass is 10.0. The molecule has 1 aliphatic heterocycles. The minimum atomic E-state index is -0.0597. The number of aromatic nitrogens is 4. The molecule has 4 heterocycles. The lowest BCUT2D eigenvalue weighted by molar-refractivity contribution is 0.335. The Morgan fingerprint density at radius 3 is 2.70 bits per heavy atom. The fraction of sp³-hybridized carbons (Fsp3) is 0.250. The zero-order valence-corrected chi connectivity index (χ0v) is 13.2. The second-order valence-electron chi connectivity index (χ2n) is 5.56. The summed E-state index contributed by atoms with van der Waals surface area (Å²) in [6.45, 7) is 2.47. The Hall–Kier alpha value is -2.54. The lowest BCUT2D eigenvalue weighted by Crippen LogP contribution is -2.49. The summed E-state index contributed by atoms with van der Waals surface area (Å²) in [7, 11) is 0. The third-order valence-electron chi connectivity index (χ3n) is 3.92. The third-order valence-corrected chi connectivity index (χ3v) is 4.75. The Kier molecular flexibility index (Phi) is 3.63. The van der Waals surface area contributed by atoms with Gasteiger partial charge in [-0.15, -0.1) is 11.3 Å². The van der Waals surface area contributed by atoms with Crippen LogP contribution in [0.15, 0.2) is 53.0 Å². The van der Waals surface area contributed by atoms with Crippen molar-refractivity contribution in [2.24, 2.45) is 5.92 Å². The minimum absolute atomic E-state index is 0.0597. The quantitative estimate of drug-likeness (QED) is 0.733. The number of pyridine rings is 1. The van der Waals surface area contributed by atoms with Gasteiger partial charge in [0, 0.05) is 54.6 Å². The van der Waals surface area contributed by atoms with Crippen molar-refractivity contribution in [3.63, 3.8) is 0 Å². The molecule has 0 unspecified atom stereocenters. The highest BCUT2D eigenvalue weighted by Crippen LogP contribution is 2.26. The first-order valence-corrected chi connectivity index (χ1v) is 8.30. The monoisotopic (exact) mass is 325 g/mol. The van der Waals surface area contributed by atoms with Crippen molar-refractivity contribution in [3.8, 4) is 11.3 Å². The summed E-state index contributed by atoms with van der Waals surface area (Å²) in [6.07, 6.45) is 5.27. The first-order chi connectivity index (χ1) is 11.3. The zero-order chi connectivity index (χ0) is 15.6. The van der Waals surface area contributed by atoms with Crippen LogP contribution in [-0.2, 0) is 6.54 Å². The largest absolute Gasteiger partial charge is 0.347 e. The molecular formula is C16H15N5OS. The Labute approximate surface area is 137 Å². The van der Waals surface area contributed by atoms with Crippen molar-refractivity contribution in [2.75, 3.05) is 18.0 Å². The van der Waals surface area contributed by atoms with Crippen LogP contribution in [0.5, 0.6) is 0 Å². The van der Waals surface area contributed by atoms with Crippen molar-refractivity contribution in [1.82, 2.24) is 19.7 Å². The van der Waals surface area contributed by atoms with E-state index in [1.54, 1.807) is 40.5 Å². The van der Waals surface area contributed by atoms with E-state index >= 15 is 0 Å². The first kappa shape index (κ1) is 14.1. The van der Waals surface area contributed by atoms with Crippen LogP contribution < -0.4 is 10.5 Å². The van der Waals surface area contributed by atoms with Gasteiger partial charge < -0.3 is 4.90 Å². The van der Waals surface area contributed by atoms with Crippen molar-refractivity contribution in [3.05, 3.63) is 58.6 Å². The molecule has 0 atom stereocenters.